The van der Waals surface area contributed by atoms with Crippen LogP contribution < -0.4 is 10.2 Å². The predicted octanol–water partition coefficient (Wildman–Crippen LogP) is 5.19. The molecule has 3 aromatic heterocycles. The van der Waals surface area contributed by atoms with Gasteiger partial charge in [-0.15, -0.1) is 16.4 Å². The van der Waals surface area contributed by atoms with Crippen LogP contribution in [0.5, 0.6) is 0 Å². The van der Waals surface area contributed by atoms with E-state index in [0.29, 0.717) is 48.6 Å². The fourth-order valence-corrected chi connectivity index (χ4v) is 5.41. The Morgan fingerprint density at radius 1 is 1.11 bits per heavy atom. The molecule has 1 fully saturated rings. The average Bonchev–Trinajstić information content (AvgIpc) is 3.65. The molecular weight excluding hydrogens is 501 g/mol. The van der Waals surface area contributed by atoms with E-state index in [1.54, 1.807) is 17.5 Å². The summed E-state index contributed by atoms with van der Waals surface area (Å²) in [5, 5.41) is 11.4. The fraction of sp³-hybridized carbons (Fsp3) is 0.231. The Bertz CT molecular complexity index is 1590. The zero-order valence-corrected chi connectivity index (χ0v) is 20.3. The minimum Gasteiger partial charge on any atom is -0.355 e. The third-order valence-corrected chi connectivity index (χ3v) is 7.49. The van der Waals surface area contributed by atoms with Crippen LogP contribution in [0, 0.1) is 5.92 Å². The number of hydrogen-bond acceptors (Lipinski definition) is 6. The second-order valence-electron chi connectivity index (χ2n) is 9.00. The summed E-state index contributed by atoms with van der Waals surface area (Å²) in [5.41, 5.74) is 1.25. The molecule has 188 valence electrons. The Kier molecular flexibility index (Phi) is 5.79. The number of nitrogens with one attached hydrogen (secondary N) is 1. The van der Waals surface area contributed by atoms with Crippen molar-refractivity contribution >= 4 is 44.2 Å². The lowest BCUT2D eigenvalue weighted by Gasteiger charge is -2.17. The van der Waals surface area contributed by atoms with Crippen molar-refractivity contribution < 1.29 is 18.0 Å². The molecule has 0 radical (unpaired) electrons. The van der Waals surface area contributed by atoms with Crippen LogP contribution in [0.15, 0.2) is 66.4 Å². The van der Waals surface area contributed by atoms with Gasteiger partial charge in [-0.2, -0.15) is 13.2 Å². The molecular formula is C26H21F3N6OS. The summed E-state index contributed by atoms with van der Waals surface area (Å²) < 4.78 is 41.4. The molecule has 7 nitrogen and oxygen atoms in total. The van der Waals surface area contributed by atoms with Crippen molar-refractivity contribution in [3.63, 3.8) is 0 Å². The van der Waals surface area contributed by atoms with Crippen LogP contribution >= 0.6 is 11.3 Å². The molecule has 1 aliphatic heterocycles. The zero-order chi connectivity index (χ0) is 25.6. The van der Waals surface area contributed by atoms with E-state index < -0.39 is 11.7 Å². The highest BCUT2D eigenvalue weighted by Gasteiger charge is 2.31. The monoisotopic (exact) mass is 522 g/mol. The molecule has 6 rings (SSSR count). The molecule has 0 saturated carbocycles. The van der Waals surface area contributed by atoms with Crippen molar-refractivity contribution in [1.82, 2.24) is 25.1 Å². The molecule has 1 atom stereocenters. The van der Waals surface area contributed by atoms with Gasteiger partial charge in [-0.05, 0) is 65.2 Å². The highest BCUT2D eigenvalue weighted by atomic mass is 32.1. The molecule has 0 aliphatic carbocycles. The molecule has 37 heavy (non-hydrogen) atoms. The minimum atomic E-state index is -4.40. The molecule has 5 aromatic rings. The molecule has 1 N–H and O–H groups in total. The first-order chi connectivity index (χ1) is 17.8. The number of halogens is 3. The summed E-state index contributed by atoms with van der Waals surface area (Å²) in [6.07, 6.45) is -0.590. The van der Waals surface area contributed by atoms with Crippen molar-refractivity contribution in [2.45, 2.75) is 19.1 Å². The van der Waals surface area contributed by atoms with Crippen molar-refractivity contribution in [3.8, 4) is 5.69 Å². The van der Waals surface area contributed by atoms with E-state index in [9.17, 15) is 18.0 Å². The van der Waals surface area contributed by atoms with Crippen molar-refractivity contribution in [1.29, 1.82) is 0 Å². The number of rotatable bonds is 5. The van der Waals surface area contributed by atoms with E-state index >= 15 is 0 Å². The van der Waals surface area contributed by atoms with Crippen LogP contribution in [0.4, 0.5) is 19.0 Å². The van der Waals surface area contributed by atoms with Gasteiger partial charge in [-0.1, -0.05) is 6.07 Å². The van der Waals surface area contributed by atoms with E-state index in [1.807, 2.05) is 11.0 Å². The van der Waals surface area contributed by atoms with Gasteiger partial charge in [0.1, 0.15) is 12.1 Å². The van der Waals surface area contributed by atoms with Crippen LogP contribution in [0.25, 0.3) is 26.8 Å². The molecule has 0 spiro atoms. The van der Waals surface area contributed by atoms with E-state index in [1.165, 1.54) is 33.2 Å². The first-order valence-electron chi connectivity index (χ1n) is 11.7. The maximum atomic E-state index is 12.9. The fourth-order valence-electron chi connectivity index (χ4n) is 4.64. The molecule has 0 bridgehead atoms. The Hall–Kier alpha value is -3.99. The third-order valence-electron chi connectivity index (χ3n) is 6.60. The minimum absolute atomic E-state index is 0.00124. The number of carbonyl (C=O) groups is 1. The molecule has 1 unspecified atom stereocenters. The van der Waals surface area contributed by atoms with E-state index in [4.69, 9.17) is 0 Å². The van der Waals surface area contributed by atoms with Gasteiger partial charge >= 0.3 is 6.18 Å². The quantitative estimate of drug-likeness (QED) is 0.344. The van der Waals surface area contributed by atoms with Crippen LogP contribution in [0.3, 0.4) is 0 Å². The van der Waals surface area contributed by atoms with Gasteiger partial charge in [0.2, 0.25) is 5.91 Å². The molecule has 1 aliphatic rings. The van der Waals surface area contributed by atoms with E-state index in [-0.39, 0.29) is 11.8 Å². The summed E-state index contributed by atoms with van der Waals surface area (Å²) >= 11 is 1.69. The first-order valence-corrected chi connectivity index (χ1v) is 12.6. The SMILES string of the molecule is O=C(NCc1ccc2sccc2c1)C1CCN(c2ncnc3nn(-c4ccc(C(F)(F)F)cc4)cc23)C1. The first kappa shape index (κ1) is 23.4. The van der Waals surface area contributed by atoms with Crippen molar-refractivity contribution in [3.05, 3.63) is 77.6 Å². The van der Waals surface area contributed by atoms with Crippen LogP contribution in [0.2, 0.25) is 0 Å². The number of nitrogens with zero attached hydrogens (tertiary/aromatic N) is 5. The summed E-state index contributed by atoms with van der Waals surface area (Å²) in [6, 6.07) is 13.1. The number of alkyl halides is 3. The number of hydrogen-bond donors (Lipinski definition) is 1. The highest BCUT2D eigenvalue weighted by molar-refractivity contribution is 7.17. The molecule has 1 saturated heterocycles. The molecule has 1 amide bonds. The summed E-state index contributed by atoms with van der Waals surface area (Å²) in [5.74, 6) is 0.472. The van der Waals surface area contributed by atoms with Gasteiger partial charge in [-0.25, -0.2) is 14.6 Å². The topological polar surface area (TPSA) is 75.9 Å². The lowest BCUT2D eigenvalue weighted by Crippen LogP contribution is -2.32. The Labute approximate surface area is 213 Å². The Morgan fingerprint density at radius 3 is 2.76 bits per heavy atom. The molecule has 11 heteroatoms. The van der Waals surface area contributed by atoms with Gasteiger partial charge in [0.15, 0.2) is 5.65 Å². The number of thiophene rings is 1. The predicted molar refractivity (Wildman–Crippen MR) is 136 cm³/mol. The van der Waals surface area contributed by atoms with Crippen molar-refractivity contribution in [2.75, 3.05) is 18.0 Å². The van der Waals surface area contributed by atoms with Gasteiger partial charge < -0.3 is 10.2 Å². The Morgan fingerprint density at radius 2 is 1.95 bits per heavy atom. The summed E-state index contributed by atoms with van der Waals surface area (Å²) in [4.78, 5) is 23.6. The number of fused-ring (bicyclic) bond motifs is 2. The summed E-state index contributed by atoms with van der Waals surface area (Å²) in [6.45, 7) is 1.63. The van der Waals surface area contributed by atoms with Crippen LogP contribution in [-0.4, -0.2) is 38.7 Å². The lowest BCUT2D eigenvalue weighted by atomic mass is 10.1. The van der Waals surface area contributed by atoms with E-state index in [2.05, 4.69) is 44.0 Å². The lowest BCUT2D eigenvalue weighted by molar-refractivity contribution is -0.137. The normalized spacial score (nSPS) is 16.1. The van der Waals surface area contributed by atoms with Gasteiger partial charge in [0.05, 0.1) is 22.6 Å². The van der Waals surface area contributed by atoms with E-state index in [0.717, 1.165) is 17.7 Å². The van der Waals surface area contributed by atoms with Gasteiger partial charge in [0.25, 0.3) is 0 Å². The van der Waals surface area contributed by atoms with Crippen LogP contribution in [-0.2, 0) is 17.5 Å². The van der Waals surface area contributed by atoms with Gasteiger partial charge in [-0.3, -0.25) is 4.79 Å². The van der Waals surface area contributed by atoms with Crippen LogP contribution in [0.1, 0.15) is 17.5 Å². The number of carbonyl (C=O) groups excluding carboxylic acids is 1. The highest BCUT2D eigenvalue weighted by Crippen LogP contribution is 2.31. The molecule has 4 heterocycles. The number of amides is 1. The van der Waals surface area contributed by atoms with Gasteiger partial charge in [0, 0.05) is 30.5 Å². The second-order valence-corrected chi connectivity index (χ2v) is 9.94. The smallest absolute Gasteiger partial charge is 0.355 e. The average molecular weight is 523 g/mol. The second kappa shape index (κ2) is 9.15. The number of benzene rings is 2. The largest absolute Gasteiger partial charge is 0.416 e. The maximum Gasteiger partial charge on any atom is 0.416 e. The number of anilines is 1. The zero-order valence-electron chi connectivity index (χ0n) is 19.4. The number of aromatic nitrogens is 4. The molecule has 2 aromatic carbocycles. The Balaban J connectivity index is 1.15. The van der Waals surface area contributed by atoms with Crippen molar-refractivity contribution in [2.24, 2.45) is 5.92 Å². The maximum absolute atomic E-state index is 12.9. The third kappa shape index (κ3) is 4.62. The summed E-state index contributed by atoms with van der Waals surface area (Å²) in [7, 11) is 0. The standard InChI is InChI=1S/C26H21F3N6OS/c27-26(28,29)19-2-4-20(5-3-19)35-14-21-23(33-35)31-15-32-24(21)34-9-7-18(13-34)25(36)30-12-16-1-6-22-17(11-16)8-10-37-22/h1-6,8,10-11,14-15,18H,7,9,12-13H2,(H,30,36).